The van der Waals surface area contributed by atoms with Gasteiger partial charge in [-0.2, -0.15) is 0 Å². The molecule has 0 fully saturated rings. The fourth-order valence-electron chi connectivity index (χ4n) is 0. The number of nitrogens with two attached hydrogens (primary N) is 1. The van der Waals surface area contributed by atoms with Gasteiger partial charge in [0.1, 0.15) is 0 Å². The average Bonchev–Trinajstić information content (AvgIpc) is 1.31. The third kappa shape index (κ3) is 5.05. The van der Waals surface area contributed by atoms with Crippen molar-refractivity contribution in [2.75, 3.05) is 0 Å². The third-order valence-electron chi connectivity index (χ3n) is 0.561. The number of rotatable bonds is 1. The van der Waals surface area contributed by atoms with Gasteiger partial charge in [-0.15, -0.1) is 0 Å². The fraction of sp³-hybridized carbons (Fsp3) is 0.667. The Morgan fingerprint density at radius 3 is 1.75 bits per heavy atom. The molecule has 0 saturated carbocycles. The summed E-state index contributed by atoms with van der Waals surface area (Å²) in [6.07, 6.45) is 0. The molecule has 8 heavy (non-hydrogen) atoms. The second-order valence-corrected chi connectivity index (χ2v) is 3.38. The van der Waals surface area contributed by atoms with Gasteiger partial charge in [0, 0.05) is 0 Å². The van der Waals surface area contributed by atoms with Crippen molar-refractivity contribution in [3.63, 3.8) is 0 Å². The molecular formula is C3H8NNaO2S. The molecule has 0 bridgehead atoms. The van der Waals surface area contributed by atoms with Crippen LogP contribution in [0.4, 0.5) is 0 Å². The Kier molecular flexibility index (Phi) is 5.61. The third-order valence-corrected chi connectivity index (χ3v) is 1.68. The van der Waals surface area contributed by atoms with Crippen LogP contribution in [-0.2, 0) is 10.0 Å². The molecule has 1 unspecified atom stereocenters. The second-order valence-electron chi connectivity index (χ2n) is 1.40. The summed E-state index contributed by atoms with van der Waals surface area (Å²) < 4.78 is 20.1. The zero-order valence-electron chi connectivity index (χ0n) is 5.09. The predicted octanol–water partition coefficient (Wildman–Crippen LogP) is -3.50. The maximum Gasteiger partial charge on any atom is 1.00 e. The summed E-state index contributed by atoms with van der Waals surface area (Å²) in [7, 11) is -3.35. The standard InChI is InChI=1S/C3H8NO2S.Na/c1-3(2)7(4,5)6;/h3H,1H2,2H3,(H2,4,5,6);/q-1;+1. The van der Waals surface area contributed by atoms with E-state index in [-0.39, 0.29) is 29.6 Å². The maximum absolute atomic E-state index is 10.0. The monoisotopic (exact) mass is 145 g/mol. The van der Waals surface area contributed by atoms with Crippen molar-refractivity contribution < 1.29 is 38.0 Å². The van der Waals surface area contributed by atoms with Crippen LogP contribution in [0, 0.1) is 6.92 Å². The molecule has 44 valence electrons. The number of sulfonamides is 1. The van der Waals surface area contributed by atoms with Crippen molar-refractivity contribution >= 4 is 10.0 Å². The molecule has 0 aromatic carbocycles. The number of hydrogen-bond donors (Lipinski definition) is 1. The van der Waals surface area contributed by atoms with E-state index in [1.807, 2.05) is 0 Å². The zero-order chi connectivity index (χ0) is 6.08. The van der Waals surface area contributed by atoms with Crippen LogP contribution >= 0.6 is 0 Å². The van der Waals surface area contributed by atoms with Crippen LogP contribution in [-0.4, -0.2) is 13.7 Å². The minimum Gasteiger partial charge on any atom is -0.325 e. The molecule has 0 saturated heterocycles. The summed E-state index contributed by atoms with van der Waals surface area (Å²) >= 11 is 0. The van der Waals surface area contributed by atoms with Crippen LogP contribution in [0.15, 0.2) is 0 Å². The van der Waals surface area contributed by atoms with Gasteiger partial charge in [-0.25, -0.2) is 13.6 Å². The molecule has 1 atom stereocenters. The molecule has 0 aliphatic rings. The summed E-state index contributed by atoms with van der Waals surface area (Å²) in [5.41, 5.74) is 0. The van der Waals surface area contributed by atoms with Gasteiger partial charge < -0.3 is 6.92 Å². The Morgan fingerprint density at radius 1 is 1.62 bits per heavy atom. The summed E-state index contributed by atoms with van der Waals surface area (Å²) in [5, 5.41) is 3.89. The van der Waals surface area contributed by atoms with Gasteiger partial charge in [-0.3, -0.25) is 0 Å². The molecule has 0 radical (unpaired) electrons. The van der Waals surface area contributed by atoms with Crippen LogP contribution in [0.5, 0.6) is 0 Å². The van der Waals surface area contributed by atoms with Crippen molar-refractivity contribution in [2.45, 2.75) is 12.2 Å². The van der Waals surface area contributed by atoms with E-state index >= 15 is 0 Å². The van der Waals surface area contributed by atoms with Gasteiger partial charge in [0.15, 0.2) is 10.0 Å². The molecule has 0 aromatic rings. The van der Waals surface area contributed by atoms with E-state index in [2.05, 4.69) is 12.1 Å². The Bertz CT molecular complexity index is 139. The molecule has 0 spiro atoms. The molecule has 5 heteroatoms. The van der Waals surface area contributed by atoms with Crippen molar-refractivity contribution in [3.05, 3.63) is 6.92 Å². The van der Waals surface area contributed by atoms with Crippen molar-refractivity contribution in [3.8, 4) is 0 Å². The molecule has 0 aliphatic heterocycles. The minimum absolute atomic E-state index is 0. The summed E-state index contributed by atoms with van der Waals surface area (Å²) in [6, 6.07) is 0. The first-order valence-corrected chi connectivity index (χ1v) is 3.40. The van der Waals surface area contributed by atoms with E-state index in [0.717, 1.165) is 0 Å². The van der Waals surface area contributed by atoms with E-state index in [0.29, 0.717) is 0 Å². The molecular weight excluding hydrogens is 137 g/mol. The molecule has 0 heterocycles. The quantitative estimate of drug-likeness (QED) is 0.307. The molecule has 0 amide bonds. The molecule has 2 N–H and O–H groups in total. The predicted molar refractivity (Wildman–Crippen MR) is 27.9 cm³/mol. The first kappa shape index (κ1) is 11.7. The van der Waals surface area contributed by atoms with Crippen LogP contribution < -0.4 is 34.7 Å². The topological polar surface area (TPSA) is 60.2 Å². The Balaban J connectivity index is 0. The second kappa shape index (κ2) is 3.85. The maximum atomic E-state index is 10.0. The Hall–Kier alpha value is 0.910. The van der Waals surface area contributed by atoms with Crippen molar-refractivity contribution in [2.24, 2.45) is 5.14 Å². The van der Waals surface area contributed by atoms with Crippen LogP contribution in [0.25, 0.3) is 0 Å². The normalized spacial score (nSPS) is 14.4. The van der Waals surface area contributed by atoms with Gasteiger partial charge >= 0.3 is 29.6 Å². The summed E-state index contributed by atoms with van der Waals surface area (Å²) in [4.78, 5) is 0. The molecule has 0 aliphatic carbocycles. The molecule has 3 nitrogen and oxygen atoms in total. The Morgan fingerprint density at radius 2 is 1.75 bits per heavy atom. The summed E-state index contributed by atoms with van der Waals surface area (Å²) in [6.45, 7) is 4.62. The Labute approximate surface area is 72.0 Å². The SMILES string of the molecule is [CH2-]C(C)S(N)(=O)=O.[Na+]. The van der Waals surface area contributed by atoms with E-state index in [9.17, 15) is 8.42 Å². The van der Waals surface area contributed by atoms with Crippen molar-refractivity contribution in [1.82, 2.24) is 0 Å². The first-order valence-electron chi connectivity index (χ1n) is 1.79. The van der Waals surface area contributed by atoms with Crippen molar-refractivity contribution in [1.29, 1.82) is 0 Å². The largest absolute Gasteiger partial charge is 1.00 e. The van der Waals surface area contributed by atoms with Gasteiger partial charge in [0.05, 0.1) is 0 Å². The van der Waals surface area contributed by atoms with Gasteiger partial charge in [-0.05, 0) is 0 Å². The molecule has 0 aromatic heterocycles. The minimum atomic E-state index is -3.35. The van der Waals surface area contributed by atoms with Gasteiger partial charge in [-0.1, -0.05) is 12.2 Å². The number of hydrogen-bond acceptors (Lipinski definition) is 2. The fourth-order valence-corrected chi connectivity index (χ4v) is 0. The average molecular weight is 145 g/mol. The smallest absolute Gasteiger partial charge is 0.325 e. The van der Waals surface area contributed by atoms with Crippen LogP contribution in [0.3, 0.4) is 0 Å². The van der Waals surface area contributed by atoms with E-state index in [1.54, 1.807) is 0 Å². The van der Waals surface area contributed by atoms with Gasteiger partial charge in [0.2, 0.25) is 0 Å². The van der Waals surface area contributed by atoms with Crippen LogP contribution in [0.1, 0.15) is 6.92 Å². The first-order chi connectivity index (χ1) is 2.94. The van der Waals surface area contributed by atoms with Crippen LogP contribution in [0.2, 0.25) is 0 Å². The van der Waals surface area contributed by atoms with Gasteiger partial charge in [0.25, 0.3) is 0 Å². The zero-order valence-corrected chi connectivity index (χ0v) is 7.90. The van der Waals surface area contributed by atoms with E-state index < -0.39 is 15.3 Å². The van der Waals surface area contributed by atoms with E-state index in [1.165, 1.54) is 6.92 Å². The number of primary sulfonamides is 1. The summed E-state index contributed by atoms with van der Waals surface area (Å²) in [5.74, 6) is 0. The van der Waals surface area contributed by atoms with E-state index in [4.69, 9.17) is 0 Å². The molecule has 0 rings (SSSR count).